The van der Waals surface area contributed by atoms with Crippen LogP contribution < -0.4 is 10.9 Å². The van der Waals surface area contributed by atoms with Gasteiger partial charge in [0, 0.05) is 24.4 Å². The molecule has 2 aromatic heterocycles. The molecule has 0 radical (unpaired) electrons. The molecular formula is C18H22N4O2. The fourth-order valence-electron chi connectivity index (χ4n) is 3.04. The Hall–Kier alpha value is -2.63. The van der Waals surface area contributed by atoms with Crippen molar-refractivity contribution in [1.82, 2.24) is 19.7 Å². The van der Waals surface area contributed by atoms with Crippen molar-refractivity contribution in [1.29, 1.82) is 0 Å². The number of aromatic nitrogens is 3. The number of hydrogen-bond acceptors (Lipinski definition) is 3. The minimum Gasteiger partial charge on any atom is -0.354 e. The fraction of sp³-hybridized carbons (Fsp3) is 0.389. The summed E-state index contributed by atoms with van der Waals surface area (Å²) in [4.78, 5) is 25.2. The molecule has 1 N–H and O–H groups in total. The number of fused-ring (bicyclic) bond motifs is 3. The van der Waals surface area contributed by atoms with Crippen molar-refractivity contribution in [3.63, 3.8) is 0 Å². The first-order valence-corrected chi connectivity index (χ1v) is 8.29. The van der Waals surface area contributed by atoms with Gasteiger partial charge in [-0.25, -0.2) is 4.68 Å². The Kier molecular flexibility index (Phi) is 4.38. The van der Waals surface area contributed by atoms with Gasteiger partial charge in [-0.1, -0.05) is 31.5 Å². The van der Waals surface area contributed by atoms with Gasteiger partial charge in [0.15, 0.2) is 0 Å². The lowest BCUT2D eigenvalue weighted by Crippen LogP contribution is -2.33. The maximum absolute atomic E-state index is 12.7. The normalized spacial score (nSPS) is 12.6. The Balaban J connectivity index is 2.19. The van der Waals surface area contributed by atoms with E-state index < -0.39 is 6.04 Å². The molecule has 0 unspecified atom stereocenters. The van der Waals surface area contributed by atoms with Gasteiger partial charge < -0.3 is 9.88 Å². The fourth-order valence-corrected chi connectivity index (χ4v) is 3.04. The van der Waals surface area contributed by atoms with Crippen LogP contribution in [0.5, 0.6) is 0 Å². The molecule has 3 aromatic rings. The van der Waals surface area contributed by atoms with E-state index in [1.165, 1.54) is 4.68 Å². The van der Waals surface area contributed by atoms with Gasteiger partial charge in [0.25, 0.3) is 5.56 Å². The van der Waals surface area contributed by atoms with Crippen molar-refractivity contribution in [3.8, 4) is 0 Å². The summed E-state index contributed by atoms with van der Waals surface area (Å²) in [5.74, 6) is -0.0787. The Morgan fingerprint density at radius 2 is 2.04 bits per heavy atom. The van der Waals surface area contributed by atoms with E-state index in [2.05, 4.69) is 17.3 Å². The summed E-state index contributed by atoms with van der Waals surface area (Å²) < 4.78 is 3.13. The van der Waals surface area contributed by atoms with Crippen LogP contribution in [0.25, 0.3) is 21.8 Å². The van der Waals surface area contributed by atoms with Crippen LogP contribution in [0.15, 0.2) is 35.3 Å². The van der Waals surface area contributed by atoms with Gasteiger partial charge in [-0.2, -0.15) is 5.10 Å². The predicted octanol–water partition coefficient (Wildman–Crippen LogP) is 2.37. The van der Waals surface area contributed by atoms with Gasteiger partial charge in [-0.15, -0.1) is 0 Å². The monoisotopic (exact) mass is 326 g/mol. The highest BCUT2D eigenvalue weighted by Crippen LogP contribution is 2.29. The second-order valence-electron chi connectivity index (χ2n) is 6.04. The van der Waals surface area contributed by atoms with E-state index in [1.807, 2.05) is 35.8 Å². The van der Waals surface area contributed by atoms with Gasteiger partial charge in [0.05, 0.1) is 11.7 Å². The number of carbonyl (C=O) groups excluding carboxylic acids is 1. The van der Waals surface area contributed by atoms with E-state index in [1.54, 1.807) is 13.2 Å². The van der Waals surface area contributed by atoms with Gasteiger partial charge in [-0.3, -0.25) is 9.59 Å². The van der Waals surface area contributed by atoms with E-state index in [-0.39, 0.29) is 11.5 Å². The summed E-state index contributed by atoms with van der Waals surface area (Å²) in [6.45, 7) is 4.56. The third-order valence-corrected chi connectivity index (χ3v) is 4.40. The summed E-state index contributed by atoms with van der Waals surface area (Å²) in [6, 6.07) is 7.26. The molecule has 0 aliphatic carbocycles. The molecule has 2 heterocycles. The Morgan fingerprint density at radius 3 is 2.79 bits per heavy atom. The molecule has 0 fully saturated rings. The zero-order valence-electron chi connectivity index (χ0n) is 14.2. The minimum absolute atomic E-state index is 0.0787. The zero-order chi connectivity index (χ0) is 17.3. The smallest absolute Gasteiger partial charge is 0.291 e. The second-order valence-corrected chi connectivity index (χ2v) is 6.04. The highest BCUT2D eigenvalue weighted by atomic mass is 16.2. The summed E-state index contributed by atoms with van der Waals surface area (Å²) in [5.41, 5.74) is 1.19. The second kappa shape index (κ2) is 6.47. The standard InChI is InChI=1S/C18H22N4O2/c1-4-5-10-19-17(23)12(2)22-15-9-7-6-8-13(15)14-11-20-21(3)18(24)16(14)22/h6-9,11-12H,4-5,10H2,1-3H3,(H,19,23)/t12-/m0/s1. The van der Waals surface area contributed by atoms with Crippen molar-refractivity contribution >= 4 is 27.7 Å². The van der Waals surface area contributed by atoms with E-state index >= 15 is 0 Å². The highest BCUT2D eigenvalue weighted by Gasteiger charge is 2.22. The van der Waals surface area contributed by atoms with Crippen LogP contribution >= 0.6 is 0 Å². The lowest BCUT2D eigenvalue weighted by molar-refractivity contribution is -0.123. The van der Waals surface area contributed by atoms with E-state index in [0.717, 1.165) is 29.1 Å². The van der Waals surface area contributed by atoms with Crippen LogP contribution in [0.2, 0.25) is 0 Å². The van der Waals surface area contributed by atoms with Crippen LogP contribution in [-0.4, -0.2) is 26.8 Å². The van der Waals surface area contributed by atoms with Crippen molar-refractivity contribution in [2.75, 3.05) is 6.54 Å². The van der Waals surface area contributed by atoms with E-state index in [4.69, 9.17) is 0 Å². The first-order chi connectivity index (χ1) is 11.6. The molecule has 1 amide bonds. The van der Waals surface area contributed by atoms with Crippen molar-refractivity contribution < 1.29 is 4.79 Å². The summed E-state index contributed by atoms with van der Waals surface area (Å²) >= 11 is 0. The number of nitrogens with one attached hydrogen (secondary N) is 1. The SMILES string of the molecule is CCCCNC(=O)[C@H](C)n1c2ccccc2c2cnn(C)c(=O)c21. The molecule has 24 heavy (non-hydrogen) atoms. The van der Waals surface area contributed by atoms with Crippen LogP contribution in [0, 0.1) is 0 Å². The van der Waals surface area contributed by atoms with Crippen LogP contribution in [0.1, 0.15) is 32.7 Å². The molecule has 0 aliphatic heterocycles. The number of amides is 1. The number of hydrogen-bond donors (Lipinski definition) is 1. The number of rotatable bonds is 5. The topological polar surface area (TPSA) is 68.9 Å². The van der Waals surface area contributed by atoms with Gasteiger partial charge in [0.2, 0.25) is 5.91 Å². The molecule has 0 saturated carbocycles. The van der Waals surface area contributed by atoms with Crippen molar-refractivity contribution in [2.24, 2.45) is 7.05 Å². The largest absolute Gasteiger partial charge is 0.354 e. The zero-order valence-corrected chi connectivity index (χ0v) is 14.2. The number of benzene rings is 1. The van der Waals surface area contributed by atoms with Crippen LogP contribution in [0.3, 0.4) is 0 Å². The summed E-state index contributed by atoms with van der Waals surface area (Å²) in [5, 5.41) is 8.79. The molecule has 6 nitrogen and oxygen atoms in total. The summed E-state index contributed by atoms with van der Waals surface area (Å²) in [6.07, 6.45) is 3.66. The van der Waals surface area contributed by atoms with E-state index in [0.29, 0.717) is 12.1 Å². The first kappa shape index (κ1) is 16.2. The number of nitrogens with zero attached hydrogens (tertiary/aromatic N) is 3. The Bertz CT molecular complexity index is 955. The number of unbranched alkanes of at least 4 members (excludes halogenated alkanes) is 1. The highest BCUT2D eigenvalue weighted by molar-refractivity contribution is 6.08. The molecule has 0 spiro atoms. The molecule has 0 aliphatic rings. The number of aryl methyl sites for hydroxylation is 1. The molecule has 1 atom stereocenters. The molecule has 0 saturated heterocycles. The molecule has 126 valence electrons. The average molecular weight is 326 g/mol. The van der Waals surface area contributed by atoms with Gasteiger partial charge >= 0.3 is 0 Å². The quantitative estimate of drug-likeness (QED) is 0.732. The number of para-hydroxylation sites is 1. The van der Waals surface area contributed by atoms with Gasteiger partial charge in [-0.05, 0) is 19.4 Å². The average Bonchev–Trinajstić information content (AvgIpc) is 2.92. The lowest BCUT2D eigenvalue weighted by atomic mass is 10.2. The lowest BCUT2D eigenvalue weighted by Gasteiger charge is -2.16. The van der Waals surface area contributed by atoms with E-state index in [9.17, 15) is 9.59 Å². The van der Waals surface area contributed by atoms with Gasteiger partial charge in [0.1, 0.15) is 11.6 Å². The molecule has 0 bridgehead atoms. The molecular weight excluding hydrogens is 304 g/mol. The third-order valence-electron chi connectivity index (χ3n) is 4.40. The van der Waals surface area contributed by atoms with Crippen molar-refractivity contribution in [2.45, 2.75) is 32.7 Å². The maximum atomic E-state index is 12.7. The molecule has 3 rings (SSSR count). The molecule has 1 aromatic carbocycles. The third kappa shape index (κ3) is 2.58. The predicted molar refractivity (Wildman–Crippen MR) is 95.1 cm³/mol. The van der Waals surface area contributed by atoms with Crippen molar-refractivity contribution in [3.05, 3.63) is 40.8 Å². The Labute approximate surface area is 140 Å². The maximum Gasteiger partial charge on any atom is 0.291 e. The van der Waals surface area contributed by atoms with Crippen LogP contribution in [0.4, 0.5) is 0 Å². The minimum atomic E-state index is -0.473. The summed E-state index contributed by atoms with van der Waals surface area (Å²) in [7, 11) is 1.62. The Morgan fingerprint density at radius 1 is 1.29 bits per heavy atom. The number of carbonyl (C=O) groups is 1. The molecule has 6 heteroatoms. The first-order valence-electron chi connectivity index (χ1n) is 8.29. The van der Waals surface area contributed by atoms with Crippen LogP contribution in [-0.2, 0) is 11.8 Å².